The molecule has 110 valence electrons. The van der Waals surface area contributed by atoms with Gasteiger partial charge in [-0.25, -0.2) is 0 Å². The van der Waals surface area contributed by atoms with Crippen LogP contribution in [0.15, 0.2) is 0 Å². The van der Waals surface area contributed by atoms with E-state index in [1.165, 1.54) is 19.3 Å². The predicted octanol–water partition coefficient (Wildman–Crippen LogP) is 1.77. The summed E-state index contributed by atoms with van der Waals surface area (Å²) in [5, 5.41) is 6.81. The lowest BCUT2D eigenvalue weighted by Crippen LogP contribution is -2.48. The first-order chi connectivity index (χ1) is 8.79. The topological polar surface area (TPSA) is 50.4 Å². The number of carbonyl (C=O) groups is 1. The molecule has 5 heteroatoms. The predicted molar refractivity (Wildman–Crippen MR) is 76.6 cm³/mol. The fourth-order valence-corrected chi connectivity index (χ4v) is 3.64. The Morgan fingerprint density at radius 3 is 2.53 bits per heavy atom. The van der Waals surface area contributed by atoms with Gasteiger partial charge in [0.25, 0.3) is 0 Å². The van der Waals surface area contributed by atoms with Gasteiger partial charge in [-0.3, -0.25) is 4.79 Å². The zero-order chi connectivity index (χ0) is 12.4. The molecule has 3 unspecified atom stereocenters. The number of ether oxygens (including phenoxy) is 1. The summed E-state index contributed by atoms with van der Waals surface area (Å²) < 4.78 is 5.62. The number of hydrogen-bond acceptors (Lipinski definition) is 3. The summed E-state index contributed by atoms with van der Waals surface area (Å²) in [7, 11) is 0. The number of hydrogen-bond donors (Lipinski definition) is 2. The van der Waals surface area contributed by atoms with E-state index in [9.17, 15) is 4.79 Å². The van der Waals surface area contributed by atoms with Crippen LogP contribution < -0.4 is 10.6 Å². The summed E-state index contributed by atoms with van der Waals surface area (Å²) in [5.74, 6) is 0.188. The van der Waals surface area contributed by atoms with Crippen molar-refractivity contribution in [2.75, 3.05) is 6.61 Å². The highest BCUT2D eigenvalue weighted by Crippen LogP contribution is 2.27. The van der Waals surface area contributed by atoms with Gasteiger partial charge in [0.15, 0.2) is 0 Å². The molecule has 3 atom stereocenters. The van der Waals surface area contributed by atoms with Gasteiger partial charge < -0.3 is 15.4 Å². The van der Waals surface area contributed by atoms with Gasteiger partial charge in [0.1, 0.15) is 0 Å². The molecular weight excluding hydrogens is 264 g/mol. The second-order valence-corrected chi connectivity index (χ2v) is 6.07. The van der Waals surface area contributed by atoms with E-state index in [2.05, 4.69) is 10.6 Å². The average Bonchev–Trinajstić information content (AvgIpc) is 2.70. The smallest absolute Gasteiger partial charge is 0.222 e. The number of fused-ring (bicyclic) bond motifs is 2. The van der Waals surface area contributed by atoms with E-state index in [0.29, 0.717) is 24.5 Å². The van der Waals surface area contributed by atoms with E-state index < -0.39 is 0 Å². The van der Waals surface area contributed by atoms with Crippen molar-refractivity contribution in [3.8, 4) is 0 Å². The zero-order valence-corrected chi connectivity index (χ0v) is 12.2. The van der Waals surface area contributed by atoms with Crippen LogP contribution in [0.2, 0.25) is 0 Å². The quantitative estimate of drug-likeness (QED) is 0.832. The van der Waals surface area contributed by atoms with Crippen molar-refractivity contribution in [2.24, 2.45) is 0 Å². The van der Waals surface area contributed by atoms with E-state index in [0.717, 1.165) is 32.3 Å². The Balaban J connectivity index is 0.00000133. The summed E-state index contributed by atoms with van der Waals surface area (Å²) in [6, 6.07) is 1.67. The van der Waals surface area contributed by atoms with Crippen LogP contribution in [0.4, 0.5) is 0 Å². The van der Waals surface area contributed by atoms with Crippen molar-refractivity contribution in [1.82, 2.24) is 10.6 Å². The molecule has 0 aliphatic carbocycles. The molecule has 3 aliphatic rings. The molecule has 3 fully saturated rings. The molecule has 3 heterocycles. The number of halogens is 1. The minimum Gasteiger partial charge on any atom is -0.378 e. The maximum Gasteiger partial charge on any atom is 0.222 e. The van der Waals surface area contributed by atoms with Gasteiger partial charge in [-0.2, -0.15) is 0 Å². The SMILES string of the molecule is Cl.O=C(CC1CCCCO1)NC1CC2CCC(C1)N2. The summed E-state index contributed by atoms with van der Waals surface area (Å²) in [5.41, 5.74) is 0. The van der Waals surface area contributed by atoms with Crippen molar-refractivity contribution in [3.63, 3.8) is 0 Å². The Morgan fingerprint density at radius 2 is 1.89 bits per heavy atom. The molecule has 0 radical (unpaired) electrons. The molecule has 19 heavy (non-hydrogen) atoms. The highest BCUT2D eigenvalue weighted by Gasteiger charge is 2.34. The average molecular weight is 289 g/mol. The van der Waals surface area contributed by atoms with Gasteiger partial charge in [0.2, 0.25) is 5.91 Å². The van der Waals surface area contributed by atoms with Crippen molar-refractivity contribution in [2.45, 2.75) is 75.6 Å². The molecule has 0 spiro atoms. The number of piperidine rings is 1. The molecule has 0 aromatic heterocycles. The van der Waals surface area contributed by atoms with Crippen LogP contribution in [0.1, 0.15) is 51.4 Å². The van der Waals surface area contributed by atoms with Crippen LogP contribution in [-0.2, 0) is 9.53 Å². The monoisotopic (exact) mass is 288 g/mol. The van der Waals surface area contributed by atoms with Gasteiger partial charge in [0.05, 0.1) is 12.5 Å². The van der Waals surface area contributed by atoms with Gasteiger partial charge in [0, 0.05) is 24.7 Å². The van der Waals surface area contributed by atoms with E-state index in [1.54, 1.807) is 0 Å². The van der Waals surface area contributed by atoms with Crippen LogP contribution >= 0.6 is 12.4 Å². The molecule has 2 bridgehead atoms. The standard InChI is InChI=1S/C14H24N2O2.ClH/c17-14(9-13-3-1-2-6-18-13)16-12-7-10-4-5-11(8-12)15-10;/h10-13,15H,1-9H2,(H,16,17);1H. The van der Waals surface area contributed by atoms with Gasteiger partial charge in [-0.15, -0.1) is 12.4 Å². The van der Waals surface area contributed by atoms with Crippen LogP contribution in [0.25, 0.3) is 0 Å². The van der Waals surface area contributed by atoms with Crippen molar-refractivity contribution < 1.29 is 9.53 Å². The van der Waals surface area contributed by atoms with Crippen molar-refractivity contribution in [1.29, 1.82) is 0 Å². The number of nitrogens with one attached hydrogen (secondary N) is 2. The van der Waals surface area contributed by atoms with Crippen LogP contribution in [-0.4, -0.2) is 36.7 Å². The molecule has 4 nitrogen and oxygen atoms in total. The maximum atomic E-state index is 12.0. The highest BCUT2D eigenvalue weighted by molar-refractivity contribution is 5.85. The number of carbonyl (C=O) groups excluding carboxylic acids is 1. The summed E-state index contributed by atoms with van der Waals surface area (Å²) in [6.45, 7) is 0.829. The lowest BCUT2D eigenvalue weighted by atomic mass is 9.99. The summed E-state index contributed by atoms with van der Waals surface area (Å²) in [4.78, 5) is 12.0. The van der Waals surface area contributed by atoms with Gasteiger partial charge >= 0.3 is 0 Å². The molecule has 0 aromatic rings. The molecule has 3 aliphatic heterocycles. The minimum absolute atomic E-state index is 0. The Labute approximate surface area is 121 Å². The van der Waals surface area contributed by atoms with E-state index in [1.807, 2.05) is 0 Å². The summed E-state index contributed by atoms with van der Waals surface area (Å²) >= 11 is 0. The van der Waals surface area contributed by atoms with Gasteiger partial charge in [-0.05, 0) is 44.9 Å². The molecule has 0 aromatic carbocycles. The molecular formula is C14H25ClN2O2. The number of rotatable bonds is 3. The van der Waals surface area contributed by atoms with E-state index in [-0.39, 0.29) is 24.4 Å². The largest absolute Gasteiger partial charge is 0.378 e. The minimum atomic E-state index is 0. The van der Waals surface area contributed by atoms with Crippen molar-refractivity contribution >= 4 is 18.3 Å². The fraction of sp³-hybridized carbons (Fsp3) is 0.929. The van der Waals surface area contributed by atoms with Crippen LogP contribution in [0.5, 0.6) is 0 Å². The Bertz CT molecular complexity index is 296. The molecule has 3 saturated heterocycles. The van der Waals surface area contributed by atoms with Crippen molar-refractivity contribution in [3.05, 3.63) is 0 Å². The summed E-state index contributed by atoms with van der Waals surface area (Å²) in [6.07, 6.45) is 8.89. The van der Waals surface area contributed by atoms with Gasteiger partial charge in [-0.1, -0.05) is 0 Å². The first kappa shape index (κ1) is 15.1. The highest BCUT2D eigenvalue weighted by atomic mass is 35.5. The zero-order valence-electron chi connectivity index (χ0n) is 11.4. The second-order valence-electron chi connectivity index (χ2n) is 6.07. The molecule has 0 saturated carbocycles. The Hall–Kier alpha value is -0.320. The molecule has 2 N–H and O–H groups in total. The van der Waals surface area contributed by atoms with Crippen LogP contribution in [0, 0.1) is 0 Å². The first-order valence-electron chi connectivity index (χ1n) is 7.46. The normalized spacial score (nSPS) is 37.5. The Morgan fingerprint density at radius 1 is 1.16 bits per heavy atom. The lowest BCUT2D eigenvalue weighted by molar-refractivity contribution is -0.125. The second kappa shape index (κ2) is 6.91. The fourth-order valence-electron chi connectivity index (χ4n) is 3.64. The third kappa shape index (κ3) is 4.07. The first-order valence-corrected chi connectivity index (χ1v) is 7.46. The van der Waals surface area contributed by atoms with E-state index >= 15 is 0 Å². The molecule has 1 amide bonds. The third-order valence-corrected chi connectivity index (χ3v) is 4.53. The maximum absolute atomic E-state index is 12.0. The Kier molecular flexibility index (Phi) is 5.48. The number of amides is 1. The molecule has 3 rings (SSSR count). The lowest BCUT2D eigenvalue weighted by Gasteiger charge is -2.30. The van der Waals surface area contributed by atoms with E-state index in [4.69, 9.17) is 4.74 Å². The third-order valence-electron chi connectivity index (χ3n) is 4.53. The van der Waals surface area contributed by atoms with Crippen LogP contribution in [0.3, 0.4) is 0 Å².